The van der Waals surface area contributed by atoms with Crippen LogP contribution in [0.25, 0.3) is 0 Å². The molecular formula is C10H9BrClFN2O2. The number of hydrogen-bond acceptors (Lipinski definition) is 2. The summed E-state index contributed by atoms with van der Waals surface area (Å²) in [4.78, 5) is 22.4. The molecule has 0 aromatic heterocycles. The third-order valence-corrected chi connectivity index (χ3v) is 2.63. The molecule has 0 aliphatic heterocycles. The molecule has 92 valence electrons. The minimum Gasteiger partial charge on any atom is -0.306 e. The van der Waals surface area contributed by atoms with Crippen molar-refractivity contribution in [1.82, 2.24) is 5.32 Å². The van der Waals surface area contributed by atoms with Crippen molar-refractivity contribution in [3.05, 3.63) is 28.5 Å². The predicted molar refractivity (Wildman–Crippen MR) is 66.6 cm³/mol. The number of benzene rings is 1. The Morgan fingerprint density at radius 2 is 2.12 bits per heavy atom. The summed E-state index contributed by atoms with van der Waals surface area (Å²) >= 11 is 8.48. The van der Waals surface area contributed by atoms with Crippen LogP contribution in [-0.2, 0) is 4.79 Å². The van der Waals surface area contributed by atoms with Crippen LogP contribution in [0.3, 0.4) is 0 Å². The third kappa shape index (κ3) is 4.70. The molecule has 0 heterocycles. The zero-order valence-corrected chi connectivity index (χ0v) is 10.9. The molecule has 0 aliphatic carbocycles. The smallest absolute Gasteiger partial charge is 0.306 e. The lowest BCUT2D eigenvalue weighted by atomic mass is 10.3. The predicted octanol–water partition coefficient (Wildman–Crippen LogP) is 2.87. The van der Waals surface area contributed by atoms with Crippen molar-refractivity contribution in [2.45, 2.75) is 6.42 Å². The molecule has 0 spiro atoms. The van der Waals surface area contributed by atoms with Crippen molar-refractivity contribution < 1.29 is 14.0 Å². The Morgan fingerprint density at radius 3 is 2.76 bits per heavy atom. The van der Waals surface area contributed by atoms with E-state index < -0.39 is 17.8 Å². The topological polar surface area (TPSA) is 58.2 Å². The van der Waals surface area contributed by atoms with E-state index in [2.05, 4.69) is 26.6 Å². The number of halogens is 3. The fourth-order valence-electron chi connectivity index (χ4n) is 1.02. The van der Waals surface area contributed by atoms with Crippen LogP contribution in [0.1, 0.15) is 6.42 Å². The molecule has 0 unspecified atom stereocenters. The lowest BCUT2D eigenvalue weighted by molar-refractivity contribution is -0.119. The quantitative estimate of drug-likeness (QED) is 0.840. The SMILES string of the molecule is O=C(CCCl)NC(=O)Nc1cc(F)ccc1Br. The molecule has 0 bridgehead atoms. The first-order valence-corrected chi connectivity index (χ1v) is 5.97. The van der Waals surface area contributed by atoms with Gasteiger partial charge in [0.15, 0.2) is 0 Å². The molecule has 0 aliphatic rings. The van der Waals surface area contributed by atoms with Crippen molar-refractivity contribution in [1.29, 1.82) is 0 Å². The number of imide groups is 1. The average Bonchev–Trinajstić information content (AvgIpc) is 2.23. The van der Waals surface area contributed by atoms with Gasteiger partial charge in [-0.05, 0) is 34.1 Å². The number of carbonyl (C=O) groups excluding carboxylic acids is 2. The molecule has 0 radical (unpaired) electrons. The summed E-state index contributed by atoms with van der Waals surface area (Å²) in [6.45, 7) is 0. The van der Waals surface area contributed by atoms with E-state index in [0.29, 0.717) is 4.47 Å². The number of urea groups is 1. The van der Waals surface area contributed by atoms with Crippen LogP contribution in [0.4, 0.5) is 14.9 Å². The standard InChI is InChI=1S/C10H9BrClFN2O2/c11-7-2-1-6(13)5-8(7)14-10(17)15-9(16)3-4-12/h1-2,5H,3-4H2,(H2,14,15,16,17). The summed E-state index contributed by atoms with van der Waals surface area (Å²) in [5.41, 5.74) is 0.237. The van der Waals surface area contributed by atoms with Gasteiger partial charge < -0.3 is 5.32 Å². The second-order valence-electron chi connectivity index (χ2n) is 3.07. The molecule has 0 atom stereocenters. The molecule has 17 heavy (non-hydrogen) atoms. The van der Waals surface area contributed by atoms with Crippen molar-refractivity contribution in [2.24, 2.45) is 0 Å². The first kappa shape index (κ1) is 13.9. The average molecular weight is 324 g/mol. The van der Waals surface area contributed by atoms with Crippen LogP contribution < -0.4 is 10.6 Å². The normalized spacial score (nSPS) is 9.82. The monoisotopic (exact) mass is 322 g/mol. The van der Waals surface area contributed by atoms with Crippen LogP contribution in [0, 0.1) is 5.82 Å². The molecular weight excluding hydrogens is 314 g/mol. The van der Waals surface area contributed by atoms with Crippen LogP contribution in [0.15, 0.2) is 22.7 Å². The van der Waals surface area contributed by atoms with Crippen molar-refractivity contribution in [3.8, 4) is 0 Å². The lowest BCUT2D eigenvalue weighted by Crippen LogP contribution is -2.34. The van der Waals surface area contributed by atoms with Crippen molar-refractivity contribution >= 4 is 45.2 Å². The van der Waals surface area contributed by atoms with Gasteiger partial charge in [-0.3, -0.25) is 10.1 Å². The molecule has 0 fully saturated rings. The number of nitrogens with one attached hydrogen (secondary N) is 2. The molecule has 0 saturated heterocycles. The second kappa shape index (κ2) is 6.56. The maximum atomic E-state index is 12.9. The Morgan fingerprint density at radius 1 is 1.41 bits per heavy atom. The lowest BCUT2D eigenvalue weighted by Gasteiger charge is -2.07. The zero-order chi connectivity index (χ0) is 12.8. The first-order valence-electron chi connectivity index (χ1n) is 4.65. The third-order valence-electron chi connectivity index (χ3n) is 1.75. The van der Waals surface area contributed by atoms with Gasteiger partial charge in [0.25, 0.3) is 0 Å². The Hall–Kier alpha value is -1.14. The van der Waals surface area contributed by atoms with Gasteiger partial charge in [0, 0.05) is 16.8 Å². The number of hydrogen-bond donors (Lipinski definition) is 2. The highest BCUT2D eigenvalue weighted by Gasteiger charge is 2.09. The van der Waals surface area contributed by atoms with E-state index >= 15 is 0 Å². The molecule has 1 aromatic carbocycles. The van der Waals surface area contributed by atoms with Gasteiger partial charge in [-0.2, -0.15) is 0 Å². The number of alkyl halides is 1. The molecule has 1 aromatic rings. The minimum atomic E-state index is -0.730. The van der Waals surface area contributed by atoms with E-state index in [9.17, 15) is 14.0 Å². The van der Waals surface area contributed by atoms with Gasteiger partial charge in [0.05, 0.1) is 5.69 Å². The number of amides is 3. The fraction of sp³-hybridized carbons (Fsp3) is 0.200. The van der Waals surface area contributed by atoms with E-state index in [1.54, 1.807) is 0 Å². The Labute approximate surface area is 111 Å². The van der Waals surface area contributed by atoms with Crippen LogP contribution in [-0.4, -0.2) is 17.8 Å². The molecule has 3 amide bonds. The van der Waals surface area contributed by atoms with Crippen LogP contribution >= 0.6 is 27.5 Å². The van der Waals surface area contributed by atoms with Gasteiger partial charge in [0.1, 0.15) is 5.82 Å². The van der Waals surface area contributed by atoms with Gasteiger partial charge in [-0.1, -0.05) is 0 Å². The summed E-state index contributed by atoms with van der Waals surface area (Å²) in [6, 6.07) is 3.10. The summed E-state index contributed by atoms with van der Waals surface area (Å²) < 4.78 is 13.4. The van der Waals surface area contributed by atoms with E-state index in [1.165, 1.54) is 12.1 Å². The summed E-state index contributed by atoms with van der Waals surface area (Å²) in [5.74, 6) is -0.858. The van der Waals surface area contributed by atoms with Crippen molar-refractivity contribution in [2.75, 3.05) is 11.2 Å². The maximum absolute atomic E-state index is 12.9. The highest BCUT2D eigenvalue weighted by molar-refractivity contribution is 9.10. The number of carbonyl (C=O) groups is 2. The minimum absolute atomic E-state index is 0.0410. The first-order chi connectivity index (χ1) is 8.02. The fourth-order valence-corrected chi connectivity index (χ4v) is 1.54. The van der Waals surface area contributed by atoms with E-state index in [4.69, 9.17) is 11.6 Å². The van der Waals surface area contributed by atoms with E-state index in [1.807, 2.05) is 0 Å². The van der Waals surface area contributed by atoms with Crippen LogP contribution in [0.5, 0.6) is 0 Å². The van der Waals surface area contributed by atoms with Gasteiger partial charge in [0.2, 0.25) is 5.91 Å². The summed E-state index contributed by atoms with van der Waals surface area (Å²) in [6.07, 6.45) is 0.0410. The van der Waals surface area contributed by atoms with E-state index in [-0.39, 0.29) is 18.0 Å². The zero-order valence-electron chi connectivity index (χ0n) is 8.60. The highest BCUT2D eigenvalue weighted by Crippen LogP contribution is 2.22. The maximum Gasteiger partial charge on any atom is 0.325 e. The molecule has 0 saturated carbocycles. The largest absolute Gasteiger partial charge is 0.325 e. The highest BCUT2D eigenvalue weighted by atomic mass is 79.9. The summed E-state index contributed by atoms with van der Waals surface area (Å²) in [5, 5.41) is 4.40. The van der Waals surface area contributed by atoms with Gasteiger partial charge in [-0.15, -0.1) is 11.6 Å². The molecule has 4 nitrogen and oxygen atoms in total. The number of anilines is 1. The Bertz CT molecular complexity index is 442. The van der Waals surface area contributed by atoms with Gasteiger partial charge in [-0.25, -0.2) is 9.18 Å². The van der Waals surface area contributed by atoms with Gasteiger partial charge >= 0.3 is 6.03 Å². The van der Waals surface area contributed by atoms with Crippen LogP contribution in [0.2, 0.25) is 0 Å². The second-order valence-corrected chi connectivity index (χ2v) is 4.30. The van der Waals surface area contributed by atoms with E-state index in [0.717, 1.165) is 6.07 Å². The molecule has 1 rings (SSSR count). The summed E-state index contributed by atoms with van der Waals surface area (Å²) in [7, 11) is 0. The Kier molecular flexibility index (Phi) is 5.37. The number of rotatable bonds is 3. The Balaban J connectivity index is 2.62. The van der Waals surface area contributed by atoms with Crippen molar-refractivity contribution in [3.63, 3.8) is 0 Å². The molecule has 7 heteroatoms. The molecule has 2 N–H and O–H groups in total.